The molecule has 1 unspecified atom stereocenters. The van der Waals surface area contributed by atoms with Crippen molar-refractivity contribution in [1.29, 1.82) is 0 Å². The van der Waals surface area contributed by atoms with Crippen LogP contribution in [0.5, 0.6) is 0 Å². The van der Waals surface area contributed by atoms with Gasteiger partial charge in [-0.05, 0) is 60.0 Å². The Morgan fingerprint density at radius 3 is 2.71 bits per heavy atom. The van der Waals surface area contributed by atoms with Crippen molar-refractivity contribution in [2.75, 3.05) is 26.7 Å². The first-order chi connectivity index (χ1) is 24.8. The van der Waals surface area contributed by atoms with Crippen LogP contribution in [0.1, 0.15) is 55.5 Å². The van der Waals surface area contributed by atoms with Gasteiger partial charge in [0.2, 0.25) is 11.8 Å². The molecule has 1 saturated heterocycles. The van der Waals surface area contributed by atoms with Crippen LogP contribution in [0.2, 0.25) is 0 Å². The van der Waals surface area contributed by atoms with E-state index < -0.39 is 12.1 Å². The lowest BCUT2D eigenvalue weighted by atomic mass is 10.0. The van der Waals surface area contributed by atoms with Crippen LogP contribution in [0, 0.1) is 0 Å². The molecule has 3 amide bonds. The molecule has 3 aromatic heterocycles. The summed E-state index contributed by atoms with van der Waals surface area (Å²) in [7, 11) is 1.26. The van der Waals surface area contributed by atoms with Gasteiger partial charge in [-0.2, -0.15) is 0 Å². The smallest absolute Gasteiger partial charge is 0.407 e. The molecule has 4 heterocycles. The number of carbonyl (C=O) groups is 3. The number of nitrogens with one attached hydrogen (secondary N) is 3. The molecule has 6 aromatic rings. The molecule has 1 fully saturated rings. The van der Waals surface area contributed by atoms with E-state index >= 15 is 0 Å². The Labute approximate surface area is 299 Å². The Balaban J connectivity index is 1.07. The fraction of sp³-hybridized carbons (Fsp3) is 0.289. The highest BCUT2D eigenvalue weighted by molar-refractivity contribution is 7.18. The van der Waals surface area contributed by atoms with Crippen molar-refractivity contribution in [3.8, 4) is 21.0 Å². The van der Waals surface area contributed by atoms with Gasteiger partial charge in [-0.3, -0.25) is 9.59 Å². The Kier molecular flexibility index (Phi) is 9.82. The van der Waals surface area contributed by atoms with Gasteiger partial charge in [0.15, 0.2) is 0 Å². The zero-order chi connectivity index (χ0) is 35.5. The van der Waals surface area contributed by atoms with Crippen LogP contribution in [-0.2, 0) is 20.9 Å². The van der Waals surface area contributed by atoms with Gasteiger partial charge in [0, 0.05) is 23.4 Å². The van der Waals surface area contributed by atoms with Crippen LogP contribution < -0.4 is 11.1 Å². The molecule has 7 rings (SSSR count). The second-order valence-electron chi connectivity index (χ2n) is 12.7. The number of hydrogen-bond acceptors (Lipinski definition) is 8. The van der Waals surface area contributed by atoms with Crippen molar-refractivity contribution in [1.82, 2.24) is 35.1 Å². The number of rotatable bonds is 11. The summed E-state index contributed by atoms with van der Waals surface area (Å²) in [6.45, 7) is 3.35. The third-order valence-electron chi connectivity index (χ3n) is 9.30. The van der Waals surface area contributed by atoms with E-state index in [0.29, 0.717) is 25.5 Å². The third kappa shape index (κ3) is 7.08. The third-order valence-corrected chi connectivity index (χ3v) is 10.5. The van der Waals surface area contributed by atoms with E-state index in [2.05, 4.69) is 67.5 Å². The van der Waals surface area contributed by atoms with Crippen LogP contribution in [0.3, 0.4) is 0 Å². The van der Waals surface area contributed by atoms with Crippen molar-refractivity contribution in [3.05, 3.63) is 96.2 Å². The number of aromatic nitrogens is 4. The van der Waals surface area contributed by atoms with E-state index in [4.69, 9.17) is 10.7 Å². The van der Waals surface area contributed by atoms with Crippen LogP contribution in [0.4, 0.5) is 4.79 Å². The predicted octanol–water partition coefficient (Wildman–Crippen LogP) is 6.29. The van der Waals surface area contributed by atoms with Gasteiger partial charge in [0.05, 0.1) is 47.5 Å². The molecule has 1 aliphatic heterocycles. The predicted molar refractivity (Wildman–Crippen MR) is 198 cm³/mol. The zero-order valence-corrected chi connectivity index (χ0v) is 29.3. The summed E-state index contributed by atoms with van der Waals surface area (Å²) in [5, 5.41) is 4.56. The van der Waals surface area contributed by atoms with Gasteiger partial charge < -0.3 is 35.6 Å². The van der Waals surface area contributed by atoms with Crippen LogP contribution in [0.25, 0.3) is 42.8 Å². The Morgan fingerprint density at radius 1 is 1.08 bits per heavy atom. The number of ether oxygens (including phenoxy) is 1. The number of aromatic amines is 2. The number of carbonyl (C=O) groups excluding carboxylic acids is 3. The average Bonchev–Trinajstić information content (AvgIpc) is 3.99. The lowest BCUT2D eigenvalue weighted by Crippen LogP contribution is -2.40. The number of H-pyrrole nitrogens is 2. The number of alkyl carbamates (subject to hydrolysis) is 1. The summed E-state index contributed by atoms with van der Waals surface area (Å²) in [4.78, 5) is 59.8. The largest absolute Gasteiger partial charge is 0.453 e. The normalized spacial score (nSPS) is 15.0. The van der Waals surface area contributed by atoms with Crippen molar-refractivity contribution in [2.45, 2.75) is 44.8 Å². The first kappa shape index (κ1) is 33.9. The summed E-state index contributed by atoms with van der Waals surface area (Å²) in [6.07, 6.45) is 3.64. The van der Waals surface area contributed by atoms with Gasteiger partial charge in [0.25, 0.3) is 0 Å². The standard InChI is InChI=1S/C38H40N8O4S/c1-3-17-45(33(47)21-41-38(49)50-2)22-32-40-20-28(42-32)31-16-15-30(51-31)25-11-13-26-24(19-25)12-14-27-35(26)44-36(43-27)29-10-7-18-46(29)37(48)34(39)23-8-5-4-6-9-23/h4-6,8-9,11-16,19-20,29,34H,3,7,10,17-18,21-22,39H2,1-2H3,(H,40,42)(H,41,49)(H,43,44)/t29?,34-/m0/s1. The van der Waals surface area contributed by atoms with Gasteiger partial charge in [0.1, 0.15) is 24.2 Å². The molecule has 0 radical (unpaired) electrons. The number of imidazole rings is 2. The number of fused-ring (bicyclic) bond motifs is 3. The number of likely N-dealkylation sites (tertiary alicyclic amines) is 1. The molecule has 0 spiro atoms. The van der Waals surface area contributed by atoms with Crippen LogP contribution in [-0.4, -0.2) is 74.4 Å². The highest BCUT2D eigenvalue weighted by Crippen LogP contribution is 2.38. The fourth-order valence-corrected chi connectivity index (χ4v) is 7.68. The van der Waals surface area contributed by atoms with Crippen molar-refractivity contribution in [3.63, 3.8) is 0 Å². The van der Waals surface area contributed by atoms with E-state index in [1.54, 1.807) is 22.4 Å². The Morgan fingerprint density at radius 2 is 1.90 bits per heavy atom. The van der Waals surface area contributed by atoms with Crippen molar-refractivity contribution in [2.24, 2.45) is 5.73 Å². The lowest BCUT2D eigenvalue weighted by Gasteiger charge is -2.26. The minimum atomic E-state index is -0.710. The molecular formula is C38H40N8O4S. The van der Waals surface area contributed by atoms with Gasteiger partial charge in [-0.15, -0.1) is 11.3 Å². The summed E-state index contributed by atoms with van der Waals surface area (Å²) in [6, 6.07) is 23.4. The topological polar surface area (TPSA) is 162 Å². The van der Waals surface area contributed by atoms with E-state index in [9.17, 15) is 14.4 Å². The molecule has 3 aromatic carbocycles. The second-order valence-corrected chi connectivity index (χ2v) is 13.7. The molecule has 51 heavy (non-hydrogen) atoms. The Bertz CT molecular complexity index is 2190. The molecular weight excluding hydrogens is 665 g/mol. The minimum absolute atomic E-state index is 0.0843. The average molecular weight is 705 g/mol. The van der Waals surface area contributed by atoms with Gasteiger partial charge in [-0.25, -0.2) is 14.8 Å². The SMILES string of the molecule is CCCN(Cc1ncc(-c2ccc(-c3ccc4c(ccc5[nH]c(C6CCCN6C(=O)[C@@H](N)c6ccccc6)nc54)c3)s2)[nH]1)C(=O)CNC(=O)OC. The highest BCUT2D eigenvalue weighted by Gasteiger charge is 2.35. The van der Waals surface area contributed by atoms with Crippen molar-refractivity contribution < 1.29 is 19.1 Å². The summed E-state index contributed by atoms with van der Waals surface area (Å²) in [5.74, 6) is 1.16. The monoisotopic (exact) mass is 704 g/mol. The number of nitrogens with two attached hydrogens (primary N) is 1. The van der Waals surface area contributed by atoms with E-state index in [1.807, 2.05) is 42.2 Å². The zero-order valence-electron chi connectivity index (χ0n) is 28.5. The minimum Gasteiger partial charge on any atom is -0.453 e. The summed E-state index contributed by atoms with van der Waals surface area (Å²) >= 11 is 1.66. The lowest BCUT2D eigenvalue weighted by molar-refractivity contribution is -0.134. The first-order valence-electron chi connectivity index (χ1n) is 17.1. The maximum atomic E-state index is 13.5. The Hall–Kier alpha value is -5.53. The number of thiophene rings is 1. The number of methoxy groups -OCH3 is 1. The molecule has 0 aliphatic carbocycles. The maximum Gasteiger partial charge on any atom is 0.407 e. The molecule has 0 bridgehead atoms. The second kappa shape index (κ2) is 14.8. The maximum absolute atomic E-state index is 13.5. The number of hydrogen-bond donors (Lipinski definition) is 4. The van der Waals surface area contributed by atoms with E-state index in [0.717, 1.165) is 73.5 Å². The molecule has 0 saturated carbocycles. The van der Waals surface area contributed by atoms with E-state index in [-0.39, 0.29) is 24.4 Å². The molecule has 13 heteroatoms. The van der Waals surface area contributed by atoms with Crippen molar-refractivity contribution >= 4 is 51.1 Å². The van der Waals surface area contributed by atoms with Crippen LogP contribution >= 0.6 is 11.3 Å². The summed E-state index contributed by atoms with van der Waals surface area (Å²) < 4.78 is 4.57. The molecule has 262 valence electrons. The fourth-order valence-electron chi connectivity index (χ4n) is 6.71. The van der Waals surface area contributed by atoms with Gasteiger partial charge >= 0.3 is 6.09 Å². The molecule has 5 N–H and O–H groups in total. The molecule has 2 atom stereocenters. The number of benzene rings is 3. The van der Waals surface area contributed by atoms with E-state index in [1.165, 1.54) is 7.11 Å². The molecule has 12 nitrogen and oxygen atoms in total. The quantitative estimate of drug-likeness (QED) is 0.123. The number of nitrogens with zero attached hydrogens (tertiary/aromatic N) is 4. The van der Waals surface area contributed by atoms with Crippen LogP contribution in [0.15, 0.2) is 79.0 Å². The first-order valence-corrected chi connectivity index (χ1v) is 17.9. The van der Waals surface area contributed by atoms with Gasteiger partial charge in [-0.1, -0.05) is 55.5 Å². The summed E-state index contributed by atoms with van der Waals surface area (Å²) in [5.41, 5.74) is 11.0. The number of amides is 3. The molecule has 1 aliphatic rings. The highest BCUT2D eigenvalue weighted by atomic mass is 32.1.